The second-order valence-electron chi connectivity index (χ2n) is 11.2. The molecule has 0 spiro atoms. The first-order valence-corrected chi connectivity index (χ1v) is 11.6. The number of carboxylic acid groups (broad SMARTS) is 1. The van der Waals surface area contributed by atoms with Gasteiger partial charge in [-0.2, -0.15) is 0 Å². The summed E-state index contributed by atoms with van der Waals surface area (Å²) in [5.74, 6) is 3.55. The molecular weight excluding hydrogens is 343 g/mol. The summed E-state index contributed by atoms with van der Waals surface area (Å²) in [5, 5.41) is 21.1. The summed E-state index contributed by atoms with van der Waals surface area (Å²) in [4.78, 5) is 10.9. The van der Waals surface area contributed by atoms with Gasteiger partial charge in [-0.05, 0) is 117 Å². The van der Waals surface area contributed by atoms with Gasteiger partial charge in [0.1, 0.15) is 0 Å². The van der Waals surface area contributed by atoms with Crippen molar-refractivity contribution in [2.45, 2.75) is 97.5 Å². The number of aliphatic hydroxyl groups is 1. The molecule has 0 saturated heterocycles. The fourth-order valence-corrected chi connectivity index (χ4v) is 8.76. The second-order valence-corrected chi connectivity index (χ2v) is 11.2. The van der Waals surface area contributed by atoms with Gasteiger partial charge in [0.15, 0.2) is 0 Å². The molecule has 154 valence electrons. The van der Waals surface area contributed by atoms with E-state index in [0.29, 0.717) is 22.7 Å². The van der Waals surface area contributed by atoms with Crippen molar-refractivity contribution in [1.29, 1.82) is 0 Å². The summed E-state index contributed by atoms with van der Waals surface area (Å²) in [6, 6.07) is 0. The molecule has 4 rings (SSSR count). The molecule has 4 aliphatic carbocycles. The van der Waals surface area contributed by atoms with E-state index in [4.69, 9.17) is 0 Å². The van der Waals surface area contributed by atoms with Gasteiger partial charge in [0, 0.05) is 5.97 Å². The van der Waals surface area contributed by atoms with Crippen molar-refractivity contribution < 1.29 is 33.9 Å². The molecule has 0 heterocycles. The molecule has 3 nitrogen and oxygen atoms in total. The summed E-state index contributed by atoms with van der Waals surface area (Å²) < 4.78 is 0. The molecule has 4 saturated carbocycles. The van der Waals surface area contributed by atoms with Gasteiger partial charge < -0.3 is 15.0 Å². The van der Waals surface area contributed by atoms with Gasteiger partial charge in [-0.3, -0.25) is 0 Å². The minimum absolute atomic E-state index is 0. The molecule has 9 atom stereocenters. The van der Waals surface area contributed by atoms with Crippen LogP contribution in [0.25, 0.3) is 0 Å². The van der Waals surface area contributed by atoms with Crippen LogP contribution < -0.4 is 24.0 Å². The molecule has 4 fully saturated rings. The third kappa shape index (κ3) is 3.63. The van der Waals surface area contributed by atoms with Crippen molar-refractivity contribution in [3.8, 4) is 0 Å². The van der Waals surface area contributed by atoms with Crippen LogP contribution in [-0.2, 0) is 4.79 Å². The summed E-state index contributed by atoms with van der Waals surface area (Å²) in [7, 11) is 0. The van der Waals surface area contributed by atoms with Crippen LogP contribution in [-0.4, -0.2) is 17.2 Å². The van der Waals surface area contributed by atoms with Gasteiger partial charge in [-0.25, -0.2) is 0 Å². The first-order chi connectivity index (χ1) is 12.8. The Labute approximate surface area is 183 Å². The summed E-state index contributed by atoms with van der Waals surface area (Å²) in [6.07, 6.45) is 12.2. The quantitative estimate of drug-likeness (QED) is 0.743. The summed E-state index contributed by atoms with van der Waals surface area (Å²) in [5.41, 5.74) is 0.853. The van der Waals surface area contributed by atoms with Gasteiger partial charge in [0.2, 0.25) is 0 Å². The normalized spacial score (nSPS) is 48.6. The number of aliphatic carboxylic acids is 1. The van der Waals surface area contributed by atoms with Crippen molar-refractivity contribution in [3.63, 3.8) is 0 Å². The molecule has 0 amide bonds. The predicted molar refractivity (Wildman–Crippen MR) is 105 cm³/mol. The third-order valence-electron chi connectivity index (χ3n) is 10.2. The van der Waals surface area contributed by atoms with Crippen molar-refractivity contribution in [1.82, 2.24) is 0 Å². The molecule has 0 bridgehead atoms. The average molecular weight is 383 g/mol. The molecule has 0 aliphatic heterocycles. The minimum atomic E-state index is -0.893. The molecule has 0 radical (unpaired) electrons. The van der Waals surface area contributed by atoms with E-state index in [9.17, 15) is 15.0 Å². The number of carbonyl (C=O) groups excluding carboxylic acids is 1. The van der Waals surface area contributed by atoms with Crippen LogP contribution in [0.4, 0.5) is 0 Å². The Morgan fingerprint density at radius 2 is 1.71 bits per heavy atom. The Morgan fingerprint density at radius 3 is 2.43 bits per heavy atom. The maximum atomic E-state index is 10.9. The molecule has 28 heavy (non-hydrogen) atoms. The first-order valence-electron chi connectivity index (χ1n) is 11.6. The zero-order chi connectivity index (χ0) is 19.4. The van der Waals surface area contributed by atoms with E-state index in [-0.39, 0.29) is 31.4 Å². The number of carboxylic acids is 1. The van der Waals surface area contributed by atoms with Crippen LogP contribution in [0.1, 0.15) is 91.4 Å². The van der Waals surface area contributed by atoms with Gasteiger partial charge in [-0.15, -0.1) is 0 Å². The number of rotatable bonds is 4. The molecule has 4 aliphatic rings. The third-order valence-corrected chi connectivity index (χ3v) is 10.2. The summed E-state index contributed by atoms with van der Waals surface area (Å²) in [6.45, 7) is 7.38. The maximum absolute atomic E-state index is 10.9. The van der Waals surface area contributed by atoms with Crippen molar-refractivity contribution in [2.24, 2.45) is 46.3 Å². The van der Waals surface area contributed by atoms with Crippen LogP contribution in [0.15, 0.2) is 0 Å². The van der Waals surface area contributed by atoms with Crippen molar-refractivity contribution in [2.75, 3.05) is 0 Å². The molecule has 1 unspecified atom stereocenters. The van der Waals surface area contributed by atoms with Crippen LogP contribution in [0.2, 0.25) is 0 Å². The minimum Gasteiger partial charge on any atom is -0.550 e. The van der Waals surface area contributed by atoms with Gasteiger partial charge in [-0.1, -0.05) is 20.8 Å². The van der Waals surface area contributed by atoms with Crippen LogP contribution in [0.3, 0.4) is 0 Å². The average Bonchev–Trinajstić information content (AvgIpc) is 2.97. The molecule has 1 N–H and O–H groups in total. The fraction of sp³-hybridized carbons (Fsp3) is 0.958. The Balaban J connectivity index is 0.00000225. The zero-order valence-corrected chi connectivity index (χ0v) is 18.6. The monoisotopic (exact) mass is 382 g/mol. The largest absolute Gasteiger partial charge is 1.00 e. The fourth-order valence-electron chi connectivity index (χ4n) is 8.76. The predicted octanol–water partition coefficient (Wildman–Crippen LogP) is 1.18. The van der Waals surface area contributed by atoms with E-state index < -0.39 is 5.97 Å². The number of carbonyl (C=O) groups is 1. The second kappa shape index (κ2) is 8.28. The summed E-state index contributed by atoms with van der Waals surface area (Å²) >= 11 is 0. The van der Waals surface area contributed by atoms with E-state index in [1.807, 2.05) is 0 Å². The SMILES string of the molecule is C[C@H](CCC(=O)[O-])[C@H]1CC[C@H]2[C@@H]3CCC4C[C@H](O)CC[C@]4(C)[C@H]3CC[C@]12C.[Li+]. The van der Waals surface area contributed by atoms with Gasteiger partial charge in [0.25, 0.3) is 0 Å². The smallest absolute Gasteiger partial charge is 0.550 e. The Kier molecular flexibility index (Phi) is 6.71. The van der Waals surface area contributed by atoms with E-state index in [1.165, 1.54) is 44.9 Å². The zero-order valence-electron chi connectivity index (χ0n) is 18.6. The van der Waals surface area contributed by atoms with E-state index >= 15 is 0 Å². The number of aliphatic hydroxyl groups excluding tert-OH is 1. The first kappa shape index (κ1) is 22.7. The molecule has 0 aromatic carbocycles. The number of fused-ring (bicyclic) bond motifs is 5. The standard InChI is InChI=1S/C24H40O3.Li/c1-15(4-9-22(26)27)19-7-8-20-18-6-5-16-14-17(25)10-12-23(16,2)21(18)11-13-24(19,20)3;/h15-21,25H,4-14H2,1-3H3,(H,26,27);/q;+1/p-1/t15-,16?,17-,18+,19-,20+,21+,23+,24-;/m1./s1. The topological polar surface area (TPSA) is 60.4 Å². The van der Waals surface area contributed by atoms with E-state index in [0.717, 1.165) is 42.9 Å². The molecule has 0 aromatic heterocycles. The van der Waals surface area contributed by atoms with Gasteiger partial charge >= 0.3 is 18.9 Å². The Morgan fingerprint density at radius 1 is 1.04 bits per heavy atom. The maximum Gasteiger partial charge on any atom is 1.00 e. The Bertz CT molecular complexity index is 580. The number of hydrogen-bond donors (Lipinski definition) is 1. The molecule has 0 aromatic rings. The van der Waals surface area contributed by atoms with E-state index in [2.05, 4.69) is 20.8 Å². The van der Waals surface area contributed by atoms with Gasteiger partial charge in [0.05, 0.1) is 6.10 Å². The van der Waals surface area contributed by atoms with E-state index in [1.54, 1.807) is 0 Å². The van der Waals surface area contributed by atoms with Crippen molar-refractivity contribution in [3.05, 3.63) is 0 Å². The number of hydrogen-bond acceptors (Lipinski definition) is 3. The Hall–Kier alpha value is 0.0274. The van der Waals surface area contributed by atoms with Crippen LogP contribution >= 0.6 is 0 Å². The van der Waals surface area contributed by atoms with Crippen LogP contribution in [0.5, 0.6) is 0 Å². The molecule has 4 heteroatoms. The molecular formula is C24H39LiO3. The van der Waals surface area contributed by atoms with Crippen LogP contribution in [0, 0.1) is 46.3 Å². The van der Waals surface area contributed by atoms with Crippen molar-refractivity contribution >= 4 is 5.97 Å².